The maximum Gasteiger partial charge on any atom is 0.184 e. The van der Waals surface area contributed by atoms with E-state index in [2.05, 4.69) is 22.0 Å². The molecule has 1 unspecified atom stereocenters. The number of halogens is 1. The van der Waals surface area contributed by atoms with Crippen LogP contribution in [0.2, 0.25) is 0 Å². The molecule has 0 N–H and O–H groups in total. The molecule has 20 heavy (non-hydrogen) atoms. The molecule has 0 spiro atoms. The lowest BCUT2D eigenvalue weighted by Crippen LogP contribution is -2.12. The van der Waals surface area contributed by atoms with Crippen molar-refractivity contribution in [2.45, 2.75) is 5.92 Å². The second kappa shape index (κ2) is 6.36. The number of methoxy groups -OCH3 is 1. The molecule has 2 rings (SSSR count). The van der Waals surface area contributed by atoms with E-state index >= 15 is 0 Å². The molecular formula is C16H12BrNO2. The Labute approximate surface area is 125 Å². The molecule has 2 aromatic rings. The summed E-state index contributed by atoms with van der Waals surface area (Å²) in [5.74, 6) is -0.476. The number of carbonyl (C=O) groups excluding carboxylic acids is 1. The molecule has 0 bridgehead atoms. The van der Waals surface area contributed by atoms with Gasteiger partial charge >= 0.3 is 0 Å². The second-order valence-electron chi connectivity index (χ2n) is 4.18. The third kappa shape index (κ3) is 2.89. The largest absolute Gasteiger partial charge is 0.497 e. The summed E-state index contributed by atoms with van der Waals surface area (Å²) in [5.41, 5.74) is 1.13. The van der Waals surface area contributed by atoms with Gasteiger partial charge in [0.05, 0.1) is 13.2 Å². The monoisotopic (exact) mass is 329 g/mol. The molecule has 0 aliphatic rings. The summed E-state index contributed by atoms with van der Waals surface area (Å²) >= 11 is 3.38. The number of ether oxygens (including phenoxy) is 1. The van der Waals surface area contributed by atoms with Crippen molar-refractivity contribution >= 4 is 21.7 Å². The first-order chi connectivity index (χ1) is 9.67. The molecule has 0 saturated carbocycles. The van der Waals surface area contributed by atoms with Gasteiger partial charge in [-0.15, -0.1) is 0 Å². The third-order valence-electron chi connectivity index (χ3n) is 2.96. The van der Waals surface area contributed by atoms with Crippen LogP contribution in [0.5, 0.6) is 5.75 Å². The van der Waals surface area contributed by atoms with Gasteiger partial charge in [0.1, 0.15) is 11.7 Å². The lowest BCUT2D eigenvalue weighted by molar-refractivity contribution is 0.0978. The van der Waals surface area contributed by atoms with Crippen molar-refractivity contribution in [2.24, 2.45) is 0 Å². The Hall–Kier alpha value is -2.12. The molecule has 3 nitrogen and oxygen atoms in total. The van der Waals surface area contributed by atoms with Crippen molar-refractivity contribution in [3.63, 3.8) is 0 Å². The highest BCUT2D eigenvalue weighted by atomic mass is 79.9. The topological polar surface area (TPSA) is 50.1 Å². The molecular weight excluding hydrogens is 318 g/mol. The van der Waals surface area contributed by atoms with E-state index in [1.165, 1.54) is 0 Å². The van der Waals surface area contributed by atoms with Gasteiger partial charge in [-0.2, -0.15) is 5.26 Å². The number of ketones is 1. The fourth-order valence-electron chi connectivity index (χ4n) is 1.92. The zero-order chi connectivity index (χ0) is 14.5. The van der Waals surface area contributed by atoms with Gasteiger partial charge in [-0.3, -0.25) is 4.79 Å². The molecule has 100 valence electrons. The number of hydrogen-bond donors (Lipinski definition) is 0. The van der Waals surface area contributed by atoms with Crippen LogP contribution in [-0.4, -0.2) is 12.9 Å². The van der Waals surface area contributed by atoms with E-state index in [0.717, 1.165) is 4.47 Å². The Morgan fingerprint density at radius 2 is 2.00 bits per heavy atom. The van der Waals surface area contributed by atoms with Gasteiger partial charge in [-0.1, -0.05) is 46.3 Å². The average molecular weight is 330 g/mol. The van der Waals surface area contributed by atoms with Gasteiger partial charge in [0.25, 0.3) is 0 Å². The van der Waals surface area contributed by atoms with Crippen molar-refractivity contribution in [1.82, 2.24) is 0 Å². The number of rotatable bonds is 4. The summed E-state index contributed by atoms with van der Waals surface area (Å²) in [6.45, 7) is 0. The SMILES string of the molecule is COc1cccc(C(=O)C(C#N)c2ccccc2Br)c1. The first kappa shape index (κ1) is 14.3. The van der Waals surface area contributed by atoms with E-state index in [9.17, 15) is 10.1 Å². The molecule has 1 atom stereocenters. The maximum atomic E-state index is 12.5. The van der Waals surface area contributed by atoms with Gasteiger partial charge in [-0.05, 0) is 23.8 Å². The van der Waals surface area contributed by atoms with Crippen LogP contribution in [-0.2, 0) is 0 Å². The van der Waals surface area contributed by atoms with Gasteiger partial charge in [0.15, 0.2) is 5.78 Å². The summed E-state index contributed by atoms with van der Waals surface area (Å²) in [6.07, 6.45) is 0. The number of nitriles is 1. The summed E-state index contributed by atoms with van der Waals surface area (Å²) in [4.78, 5) is 12.5. The molecule has 0 aliphatic heterocycles. The number of nitrogens with zero attached hydrogens (tertiary/aromatic N) is 1. The zero-order valence-corrected chi connectivity index (χ0v) is 12.4. The van der Waals surface area contributed by atoms with Crippen LogP contribution < -0.4 is 4.74 Å². The molecule has 4 heteroatoms. The molecule has 0 aromatic heterocycles. The zero-order valence-electron chi connectivity index (χ0n) is 10.8. The van der Waals surface area contributed by atoms with Crippen LogP contribution in [0.25, 0.3) is 0 Å². The number of carbonyl (C=O) groups is 1. The minimum Gasteiger partial charge on any atom is -0.497 e. The van der Waals surface area contributed by atoms with Crippen LogP contribution in [0.3, 0.4) is 0 Å². The van der Waals surface area contributed by atoms with Crippen molar-refractivity contribution < 1.29 is 9.53 Å². The Morgan fingerprint density at radius 1 is 1.25 bits per heavy atom. The lowest BCUT2D eigenvalue weighted by Gasteiger charge is -2.11. The van der Waals surface area contributed by atoms with E-state index in [-0.39, 0.29) is 5.78 Å². The van der Waals surface area contributed by atoms with Crippen LogP contribution in [0.4, 0.5) is 0 Å². The number of benzene rings is 2. The van der Waals surface area contributed by atoms with Gasteiger partial charge in [0.2, 0.25) is 0 Å². The van der Waals surface area contributed by atoms with Crippen LogP contribution in [0.1, 0.15) is 21.8 Å². The fourth-order valence-corrected chi connectivity index (χ4v) is 2.44. The van der Waals surface area contributed by atoms with Gasteiger partial charge in [0, 0.05) is 10.0 Å². The molecule has 0 amide bonds. The molecule has 0 heterocycles. The second-order valence-corrected chi connectivity index (χ2v) is 5.03. The van der Waals surface area contributed by atoms with Crippen LogP contribution >= 0.6 is 15.9 Å². The highest BCUT2D eigenvalue weighted by Gasteiger charge is 2.23. The average Bonchev–Trinajstić information content (AvgIpc) is 2.49. The normalized spacial score (nSPS) is 11.4. The minimum absolute atomic E-state index is 0.238. The standard InChI is InChI=1S/C16H12BrNO2/c1-20-12-6-4-5-11(9-12)16(19)14(10-18)13-7-2-3-8-15(13)17/h2-9,14H,1H3. The van der Waals surface area contributed by atoms with E-state index < -0.39 is 5.92 Å². The fraction of sp³-hybridized carbons (Fsp3) is 0.125. The van der Waals surface area contributed by atoms with Crippen molar-refractivity contribution in [3.05, 3.63) is 64.1 Å². The predicted molar refractivity (Wildman–Crippen MR) is 79.8 cm³/mol. The van der Waals surface area contributed by atoms with Gasteiger partial charge in [-0.25, -0.2) is 0 Å². The summed E-state index contributed by atoms with van der Waals surface area (Å²) in [7, 11) is 1.54. The Balaban J connectivity index is 2.40. The number of Topliss-reactive ketones (excluding diaryl/α,β-unsaturated/α-hetero) is 1. The molecule has 0 aliphatic carbocycles. The highest BCUT2D eigenvalue weighted by molar-refractivity contribution is 9.10. The molecule has 0 fully saturated rings. The summed E-state index contributed by atoms with van der Waals surface area (Å²) in [6, 6.07) is 16.1. The van der Waals surface area contributed by atoms with E-state index in [4.69, 9.17) is 4.74 Å². The molecule has 2 aromatic carbocycles. The van der Waals surface area contributed by atoms with E-state index in [0.29, 0.717) is 16.9 Å². The van der Waals surface area contributed by atoms with Crippen LogP contribution in [0.15, 0.2) is 53.0 Å². The minimum atomic E-state index is -0.835. The van der Waals surface area contributed by atoms with Gasteiger partial charge < -0.3 is 4.74 Å². The quantitative estimate of drug-likeness (QED) is 0.798. The molecule has 0 saturated heterocycles. The predicted octanol–water partition coefficient (Wildman–Crippen LogP) is 3.95. The third-order valence-corrected chi connectivity index (χ3v) is 3.68. The first-order valence-corrected chi connectivity index (χ1v) is 6.79. The Morgan fingerprint density at radius 3 is 2.65 bits per heavy atom. The van der Waals surface area contributed by atoms with Crippen molar-refractivity contribution in [3.8, 4) is 11.8 Å². The van der Waals surface area contributed by atoms with Crippen molar-refractivity contribution in [2.75, 3.05) is 7.11 Å². The van der Waals surface area contributed by atoms with Crippen molar-refractivity contribution in [1.29, 1.82) is 5.26 Å². The van der Waals surface area contributed by atoms with E-state index in [1.807, 2.05) is 18.2 Å². The number of hydrogen-bond acceptors (Lipinski definition) is 3. The van der Waals surface area contributed by atoms with Crippen LogP contribution in [0, 0.1) is 11.3 Å². The summed E-state index contributed by atoms with van der Waals surface area (Å²) in [5, 5.41) is 9.34. The summed E-state index contributed by atoms with van der Waals surface area (Å²) < 4.78 is 5.86. The lowest BCUT2D eigenvalue weighted by atomic mass is 9.92. The Kier molecular flexibility index (Phi) is 4.54. The first-order valence-electron chi connectivity index (χ1n) is 5.99. The maximum absolute atomic E-state index is 12.5. The molecule has 0 radical (unpaired) electrons. The smallest absolute Gasteiger partial charge is 0.184 e. The Bertz CT molecular complexity index is 676. The van der Waals surface area contributed by atoms with E-state index in [1.54, 1.807) is 37.4 Å². The highest BCUT2D eigenvalue weighted by Crippen LogP contribution is 2.28.